The highest BCUT2D eigenvalue weighted by atomic mass is 16.3. The van der Waals surface area contributed by atoms with Crippen molar-refractivity contribution in [3.8, 4) is 5.75 Å². The van der Waals surface area contributed by atoms with E-state index in [4.69, 9.17) is 5.73 Å². The standard InChI is InChI=1S/C15H24N2O2/c16-11-5-1-2-6-12-17-15(19)10-9-13-7-3-4-8-14(13)18/h3-4,7-8,18H,1-2,5-6,9-12,16H2,(H,17,19). The summed E-state index contributed by atoms with van der Waals surface area (Å²) in [6.45, 7) is 1.47. The van der Waals surface area contributed by atoms with E-state index in [0.717, 1.165) is 44.3 Å². The molecule has 0 heterocycles. The van der Waals surface area contributed by atoms with E-state index >= 15 is 0 Å². The van der Waals surface area contributed by atoms with Crippen LogP contribution < -0.4 is 11.1 Å². The average Bonchev–Trinajstić information content (AvgIpc) is 2.42. The summed E-state index contributed by atoms with van der Waals surface area (Å²) < 4.78 is 0. The Morgan fingerprint density at radius 2 is 1.89 bits per heavy atom. The minimum Gasteiger partial charge on any atom is -0.508 e. The molecule has 1 aromatic carbocycles. The van der Waals surface area contributed by atoms with Gasteiger partial charge in [0, 0.05) is 13.0 Å². The average molecular weight is 264 g/mol. The van der Waals surface area contributed by atoms with E-state index in [1.54, 1.807) is 12.1 Å². The Kier molecular flexibility index (Phi) is 7.66. The fraction of sp³-hybridized carbons (Fsp3) is 0.533. The number of hydrogen-bond donors (Lipinski definition) is 3. The first-order chi connectivity index (χ1) is 9.24. The van der Waals surface area contributed by atoms with Crippen molar-refractivity contribution in [1.29, 1.82) is 0 Å². The van der Waals surface area contributed by atoms with E-state index < -0.39 is 0 Å². The van der Waals surface area contributed by atoms with Gasteiger partial charge in [0.05, 0.1) is 0 Å². The van der Waals surface area contributed by atoms with E-state index in [1.807, 2.05) is 12.1 Å². The summed E-state index contributed by atoms with van der Waals surface area (Å²) in [6, 6.07) is 7.13. The first-order valence-electron chi connectivity index (χ1n) is 6.97. The predicted molar refractivity (Wildman–Crippen MR) is 77.0 cm³/mol. The molecule has 0 atom stereocenters. The Bertz CT molecular complexity index is 380. The molecule has 106 valence electrons. The predicted octanol–water partition coefficient (Wildman–Crippen LogP) is 1.96. The summed E-state index contributed by atoms with van der Waals surface area (Å²) in [7, 11) is 0. The first-order valence-corrected chi connectivity index (χ1v) is 6.97. The van der Waals surface area contributed by atoms with Gasteiger partial charge in [0.15, 0.2) is 0 Å². The van der Waals surface area contributed by atoms with E-state index in [9.17, 15) is 9.90 Å². The van der Waals surface area contributed by atoms with Crippen molar-refractivity contribution in [2.24, 2.45) is 5.73 Å². The fourth-order valence-electron chi connectivity index (χ4n) is 1.91. The van der Waals surface area contributed by atoms with Crippen LogP contribution in [0.2, 0.25) is 0 Å². The number of amides is 1. The van der Waals surface area contributed by atoms with E-state index in [-0.39, 0.29) is 11.7 Å². The Morgan fingerprint density at radius 3 is 2.63 bits per heavy atom. The molecule has 1 aromatic rings. The second-order valence-corrected chi connectivity index (χ2v) is 4.68. The lowest BCUT2D eigenvalue weighted by Gasteiger charge is -2.06. The molecule has 4 nitrogen and oxygen atoms in total. The third kappa shape index (κ3) is 6.82. The zero-order valence-electron chi connectivity index (χ0n) is 11.4. The van der Waals surface area contributed by atoms with Gasteiger partial charge in [-0.05, 0) is 37.4 Å². The van der Waals surface area contributed by atoms with E-state index in [2.05, 4.69) is 5.32 Å². The summed E-state index contributed by atoms with van der Waals surface area (Å²) in [6.07, 6.45) is 5.29. The second-order valence-electron chi connectivity index (χ2n) is 4.68. The molecule has 0 aliphatic heterocycles. The van der Waals surface area contributed by atoms with Crippen LogP contribution in [0, 0.1) is 0 Å². The van der Waals surface area contributed by atoms with Crippen molar-refractivity contribution in [1.82, 2.24) is 5.32 Å². The number of phenols is 1. The summed E-state index contributed by atoms with van der Waals surface area (Å²) in [5.41, 5.74) is 6.23. The second kappa shape index (κ2) is 9.39. The SMILES string of the molecule is NCCCCCCNC(=O)CCc1ccccc1O. The van der Waals surface area contributed by atoms with Gasteiger partial charge in [-0.1, -0.05) is 31.0 Å². The Balaban J connectivity index is 2.10. The van der Waals surface area contributed by atoms with E-state index in [1.165, 1.54) is 0 Å². The minimum absolute atomic E-state index is 0.0436. The maximum absolute atomic E-state index is 11.6. The number of unbranched alkanes of at least 4 members (excludes halogenated alkanes) is 3. The van der Waals surface area contributed by atoms with E-state index in [0.29, 0.717) is 12.8 Å². The van der Waals surface area contributed by atoms with Gasteiger partial charge in [-0.15, -0.1) is 0 Å². The summed E-state index contributed by atoms with van der Waals surface area (Å²) in [5, 5.41) is 12.5. The fourth-order valence-corrected chi connectivity index (χ4v) is 1.91. The lowest BCUT2D eigenvalue weighted by atomic mass is 10.1. The molecule has 0 spiro atoms. The first kappa shape index (κ1) is 15.5. The van der Waals surface area contributed by atoms with Crippen LogP contribution in [0.4, 0.5) is 0 Å². The topological polar surface area (TPSA) is 75.3 Å². The van der Waals surface area contributed by atoms with Gasteiger partial charge in [0.1, 0.15) is 5.75 Å². The maximum atomic E-state index is 11.6. The van der Waals surface area contributed by atoms with Crippen molar-refractivity contribution in [3.63, 3.8) is 0 Å². The van der Waals surface area contributed by atoms with Crippen molar-refractivity contribution >= 4 is 5.91 Å². The number of para-hydroxylation sites is 1. The molecular weight excluding hydrogens is 240 g/mol. The molecule has 0 aromatic heterocycles. The highest BCUT2D eigenvalue weighted by molar-refractivity contribution is 5.76. The van der Waals surface area contributed by atoms with Gasteiger partial charge >= 0.3 is 0 Å². The molecule has 0 aliphatic rings. The molecule has 19 heavy (non-hydrogen) atoms. The normalized spacial score (nSPS) is 10.4. The summed E-state index contributed by atoms with van der Waals surface area (Å²) in [5.74, 6) is 0.305. The molecule has 1 amide bonds. The quantitative estimate of drug-likeness (QED) is 0.597. The lowest BCUT2D eigenvalue weighted by molar-refractivity contribution is -0.121. The summed E-state index contributed by atoms with van der Waals surface area (Å²) >= 11 is 0. The molecule has 0 radical (unpaired) electrons. The molecule has 4 N–H and O–H groups in total. The smallest absolute Gasteiger partial charge is 0.220 e. The number of rotatable bonds is 9. The Morgan fingerprint density at radius 1 is 1.16 bits per heavy atom. The molecule has 0 saturated carbocycles. The number of hydrogen-bond acceptors (Lipinski definition) is 3. The van der Waals surface area contributed by atoms with Gasteiger partial charge in [0.2, 0.25) is 5.91 Å². The maximum Gasteiger partial charge on any atom is 0.220 e. The van der Waals surface area contributed by atoms with Gasteiger partial charge < -0.3 is 16.2 Å². The Labute approximate surface area is 115 Å². The molecule has 0 unspecified atom stereocenters. The zero-order chi connectivity index (χ0) is 13.9. The number of carbonyl (C=O) groups is 1. The van der Waals surface area contributed by atoms with Gasteiger partial charge in [-0.3, -0.25) is 4.79 Å². The highest BCUT2D eigenvalue weighted by Crippen LogP contribution is 2.16. The largest absolute Gasteiger partial charge is 0.508 e. The number of aryl methyl sites for hydroxylation is 1. The van der Waals surface area contributed by atoms with Crippen LogP contribution in [0.25, 0.3) is 0 Å². The van der Waals surface area contributed by atoms with Crippen molar-refractivity contribution in [3.05, 3.63) is 29.8 Å². The molecule has 0 saturated heterocycles. The van der Waals surface area contributed by atoms with Crippen LogP contribution in [-0.2, 0) is 11.2 Å². The van der Waals surface area contributed by atoms with Crippen molar-refractivity contribution in [2.45, 2.75) is 38.5 Å². The van der Waals surface area contributed by atoms with Crippen LogP contribution in [0.1, 0.15) is 37.7 Å². The zero-order valence-corrected chi connectivity index (χ0v) is 11.4. The number of phenolic OH excluding ortho intramolecular Hbond substituents is 1. The van der Waals surface area contributed by atoms with Crippen LogP contribution in [-0.4, -0.2) is 24.1 Å². The molecular formula is C15H24N2O2. The molecule has 4 heteroatoms. The number of carbonyl (C=O) groups excluding carboxylic acids is 1. The van der Waals surface area contributed by atoms with Crippen LogP contribution in [0.5, 0.6) is 5.75 Å². The van der Waals surface area contributed by atoms with Crippen LogP contribution >= 0.6 is 0 Å². The molecule has 1 rings (SSSR count). The summed E-state index contributed by atoms with van der Waals surface area (Å²) in [4.78, 5) is 11.6. The van der Waals surface area contributed by atoms with Gasteiger partial charge in [0.25, 0.3) is 0 Å². The Hall–Kier alpha value is -1.55. The van der Waals surface area contributed by atoms with Crippen LogP contribution in [0.3, 0.4) is 0 Å². The monoisotopic (exact) mass is 264 g/mol. The lowest BCUT2D eigenvalue weighted by Crippen LogP contribution is -2.24. The molecule has 0 bridgehead atoms. The van der Waals surface area contributed by atoms with Gasteiger partial charge in [-0.2, -0.15) is 0 Å². The third-order valence-corrected chi connectivity index (χ3v) is 3.07. The number of benzene rings is 1. The molecule has 0 aliphatic carbocycles. The van der Waals surface area contributed by atoms with Crippen molar-refractivity contribution < 1.29 is 9.90 Å². The van der Waals surface area contributed by atoms with Crippen LogP contribution in [0.15, 0.2) is 24.3 Å². The van der Waals surface area contributed by atoms with Gasteiger partial charge in [-0.25, -0.2) is 0 Å². The minimum atomic E-state index is 0.0436. The third-order valence-electron chi connectivity index (χ3n) is 3.07. The highest BCUT2D eigenvalue weighted by Gasteiger charge is 2.04. The molecule has 0 fully saturated rings. The number of nitrogens with two attached hydrogens (primary N) is 1. The number of nitrogens with one attached hydrogen (secondary N) is 1. The van der Waals surface area contributed by atoms with Crippen molar-refractivity contribution in [2.75, 3.05) is 13.1 Å². The number of aromatic hydroxyl groups is 1.